The normalized spacial score (nSPS) is 11.0. The molecule has 0 aliphatic carbocycles. The van der Waals surface area contributed by atoms with Crippen molar-refractivity contribution < 1.29 is 4.39 Å². The number of hydrogen-bond donors (Lipinski definition) is 1. The summed E-state index contributed by atoms with van der Waals surface area (Å²) in [6.07, 6.45) is 0. The van der Waals surface area contributed by atoms with Crippen molar-refractivity contribution >= 4 is 17.2 Å². The van der Waals surface area contributed by atoms with Gasteiger partial charge in [0.15, 0.2) is 11.5 Å². The minimum Gasteiger partial charge on any atom is -0.370 e. The summed E-state index contributed by atoms with van der Waals surface area (Å²) < 4.78 is 16.0. The Balaban J connectivity index is 1.73. The standard InChI is InChI=1S/C17H21FN6/c1-4-23(5-2)15-7-6-13(10-14(15)18)11-19-16-8-9-17-21-20-12(3)24(17)22-16/h6-10H,4-5,11H2,1-3H3,(H,19,22). The van der Waals surface area contributed by atoms with Crippen LogP contribution in [0.15, 0.2) is 30.3 Å². The first-order valence-electron chi connectivity index (χ1n) is 8.08. The van der Waals surface area contributed by atoms with Crippen LogP contribution in [0.5, 0.6) is 0 Å². The van der Waals surface area contributed by atoms with Gasteiger partial charge in [0, 0.05) is 19.6 Å². The first kappa shape index (κ1) is 16.2. The molecule has 3 rings (SSSR count). The lowest BCUT2D eigenvalue weighted by atomic mass is 10.1. The zero-order valence-corrected chi connectivity index (χ0v) is 14.1. The molecule has 0 amide bonds. The first-order chi connectivity index (χ1) is 11.6. The van der Waals surface area contributed by atoms with Crippen LogP contribution in [0.2, 0.25) is 0 Å². The fraction of sp³-hybridized carbons (Fsp3) is 0.353. The number of halogens is 1. The fourth-order valence-corrected chi connectivity index (χ4v) is 2.66. The van der Waals surface area contributed by atoms with E-state index in [0.717, 1.165) is 24.5 Å². The van der Waals surface area contributed by atoms with Crippen LogP contribution in [0.25, 0.3) is 5.65 Å². The Kier molecular flexibility index (Phi) is 4.59. The second kappa shape index (κ2) is 6.82. The van der Waals surface area contributed by atoms with Gasteiger partial charge in [-0.05, 0) is 50.6 Å². The zero-order valence-electron chi connectivity index (χ0n) is 14.1. The van der Waals surface area contributed by atoms with Crippen molar-refractivity contribution in [3.63, 3.8) is 0 Å². The second-order valence-electron chi connectivity index (χ2n) is 5.55. The molecule has 1 N–H and O–H groups in total. The molecule has 0 fully saturated rings. The third kappa shape index (κ3) is 3.15. The van der Waals surface area contributed by atoms with Crippen LogP contribution in [-0.4, -0.2) is 32.9 Å². The molecule has 2 heterocycles. The van der Waals surface area contributed by atoms with Gasteiger partial charge < -0.3 is 10.2 Å². The summed E-state index contributed by atoms with van der Waals surface area (Å²) >= 11 is 0. The Morgan fingerprint density at radius 3 is 2.62 bits per heavy atom. The monoisotopic (exact) mass is 328 g/mol. The molecule has 126 valence electrons. The molecule has 0 spiro atoms. The maximum atomic E-state index is 14.3. The predicted octanol–water partition coefficient (Wildman–Crippen LogP) is 3.03. The van der Waals surface area contributed by atoms with Crippen LogP contribution in [-0.2, 0) is 6.54 Å². The van der Waals surface area contributed by atoms with Gasteiger partial charge in [-0.25, -0.2) is 4.39 Å². The van der Waals surface area contributed by atoms with Gasteiger partial charge in [-0.2, -0.15) is 4.52 Å². The quantitative estimate of drug-likeness (QED) is 0.754. The molecule has 0 aliphatic heterocycles. The van der Waals surface area contributed by atoms with E-state index in [0.29, 0.717) is 23.7 Å². The number of anilines is 2. The zero-order chi connectivity index (χ0) is 17.1. The van der Waals surface area contributed by atoms with Crippen LogP contribution in [0.1, 0.15) is 25.2 Å². The molecule has 0 aliphatic rings. The Hall–Kier alpha value is -2.70. The van der Waals surface area contributed by atoms with Gasteiger partial charge in [-0.15, -0.1) is 15.3 Å². The molecular weight excluding hydrogens is 307 g/mol. The number of benzene rings is 1. The molecule has 0 atom stereocenters. The van der Waals surface area contributed by atoms with Crippen molar-refractivity contribution in [2.45, 2.75) is 27.3 Å². The highest BCUT2D eigenvalue weighted by molar-refractivity contribution is 5.50. The Bertz CT molecular complexity index is 840. The van der Waals surface area contributed by atoms with E-state index in [1.807, 2.05) is 49.9 Å². The van der Waals surface area contributed by atoms with Crippen LogP contribution < -0.4 is 10.2 Å². The van der Waals surface area contributed by atoms with Crippen molar-refractivity contribution in [1.29, 1.82) is 0 Å². The fourth-order valence-electron chi connectivity index (χ4n) is 2.66. The molecule has 0 saturated heterocycles. The maximum Gasteiger partial charge on any atom is 0.178 e. The highest BCUT2D eigenvalue weighted by Crippen LogP contribution is 2.21. The van der Waals surface area contributed by atoms with E-state index in [1.54, 1.807) is 10.6 Å². The third-order valence-electron chi connectivity index (χ3n) is 4.01. The summed E-state index contributed by atoms with van der Waals surface area (Å²) in [7, 11) is 0. The van der Waals surface area contributed by atoms with Crippen LogP contribution in [0.3, 0.4) is 0 Å². The second-order valence-corrected chi connectivity index (χ2v) is 5.55. The van der Waals surface area contributed by atoms with E-state index >= 15 is 0 Å². The molecule has 1 aromatic carbocycles. The van der Waals surface area contributed by atoms with Gasteiger partial charge in [-0.1, -0.05) is 6.07 Å². The lowest BCUT2D eigenvalue weighted by molar-refractivity contribution is 0.618. The van der Waals surface area contributed by atoms with Gasteiger partial charge in [0.2, 0.25) is 0 Å². The lowest BCUT2D eigenvalue weighted by Crippen LogP contribution is -2.23. The van der Waals surface area contributed by atoms with Crippen LogP contribution in [0.4, 0.5) is 15.9 Å². The lowest BCUT2D eigenvalue weighted by Gasteiger charge is -2.22. The molecule has 24 heavy (non-hydrogen) atoms. The van der Waals surface area contributed by atoms with E-state index in [2.05, 4.69) is 20.6 Å². The molecule has 0 unspecified atom stereocenters. The average Bonchev–Trinajstić information content (AvgIpc) is 2.96. The Morgan fingerprint density at radius 2 is 1.92 bits per heavy atom. The summed E-state index contributed by atoms with van der Waals surface area (Å²) in [5, 5.41) is 15.6. The van der Waals surface area contributed by atoms with Crippen molar-refractivity contribution in [2.75, 3.05) is 23.3 Å². The molecule has 2 aromatic heterocycles. The van der Waals surface area contributed by atoms with Crippen molar-refractivity contribution in [2.24, 2.45) is 0 Å². The molecule has 0 saturated carbocycles. The summed E-state index contributed by atoms with van der Waals surface area (Å²) in [6, 6.07) is 9.03. The average molecular weight is 328 g/mol. The number of nitrogens with zero attached hydrogens (tertiary/aromatic N) is 5. The number of fused-ring (bicyclic) bond motifs is 1. The van der Waals surface area contributed by atoms with E-state index in [1.165, 1.54) is 0 Å². The van der Waals surface area contributed by atoms with Gasteiger partial charge in [0.05, 0.1) is 5.69 Å². The summed E-state index contributed by atoms with van der Waals surface area (Å²) in [5.41, 5.74) is 2.21. The summed E-state index contributed by atoms with van der Waals surface area (Å²) in [4.78, 5) is 2.00. The van der Waals surface area contributed by atoms with Crippen molar-refractivity contribution in [3.05, 3.63) is 47.5 Å². The topological polar surface area (TPSA) is 58.3 Å². The number of rotatable bonds is 6. The largest absolute Gasteiger partial charge is 0.370 e. The SMILES string of the molecule is CCN(CC)c1ccc(CNc2ccc3nnc(C)n3n2)cc1F. The molecule has 0 radical (unpaired) electrons. The van der Waals surface area contributed by atoms with Gasteiger partial charge in [0.1, 0.15) is 11.6 Å². The van der Waals surface area contributed by atoms with Gasteiger partial charge in [0.25, 0.3) is 0 Å². The summed E-state index contributed by atoms with van der Waals surface area (Å²) in [6.45, 7) is 7.95. The van der Waals surface area contributed by atoms with Crippen LogP contribution >= 0.6 is 0 Å². The van der Waals surface area contributed by atoms with E-state index in [4.69, 9.17) is 0 Å². The smallest absolute Gasteiger partial charge is 0.178 e. The highest BCUT2D eigenvalue weighted by Gasteiger charge is 2.09. The minimum atomic E-state index is -0.198. The number of hydrogen-bond acceptors (Lipinski definition) is 5. The van der Waals surface area contributed by atoms with Crippen LogP contribution in [0, 0.1) is 12.7 Å². The number of nitrogens with one attached hydrogen (secondary N) is 1. The highest BCUT2D eigenvalue weighted by atomic mass is 19.1. The number of aryl methyl sites for hydroxylation is 1. The molecular formula is C17H21FN6. The van der Waals surface area contributed by atoms with E-state index < -0.39 is 0 Å². The van der Waals surface area contributed by atoms with Gasteiger partial charge in [-0.3, -0.25) is 0 Å². The van der Waals surface area contributed by atoms with Crippen molar-refractivity contribution in [1.82, 2.24) is 19.8 Å². The Labute approximate surface area is 140 Å². The molecule has 7 heteroatoms. The number of aromatic nitrogens is 4. The predicted molar refractivity (Wildman–Crippen MR) is 92.8 cm³/mol. The Morgan fingerprint density at radius 1 is 1.12 bits per heavy atom. The third-order valence-corrected chi connectivity index (χ3v) is 4.01. The van der Waals surface area contributed by atoms with E-state index in [-0.39, 0.29) is 5.82 Å². The van der Waals surface area contributed by atoms with Gasteiger partial charge >= 0.3 is 0 Å². The van der Waals surface area contributed by atoms with Crippen molar-refractivity contribution in [3.8, 4) is 0 Å². The van der Waals surface area contributed by atoms with E-state index in [9.17, 15) is 4.39 Å². The molecule has 6 nitrogen and oxygen atoms in total. The summed E-state index contributed by atoms with van der Waals surface area (Å²) in [5.74, 6) is 1.22. The minimum absolute atomic E-state index is 0.198. The maximum absolute atomic E-state index is 14.3. The first-order valence-corrected chi connectivity index (χ1v) is 8.08. The molecule has 0 bridgehead atoms. The molecule has 3 aromatic rings.